The molecule has 4 aromatic carbocycles. The maximum absolute atomic E-state index is 11.6. The van der Waals surface area contributed by atoms with Crippen molar-refractivity contribution >= 4 is 55.5 Å². The number of hydrogen-bond acceptors (Lipinski definition) is 1. The Kier molecular flexibility index (Phi) is 3.21. The van der Waals surface area contributed by atoms with Gasteiger partial charge in [-0.25, -0.2) is 0 Å². The van der Waals surface area contributed by atoms with E-state index < -0.39 is 0 Å². The van der Waals surface area contributed by atoms with E-state index in [4.69, 9.17) is 11.6 Å². The van der Waals surface area contributed by atoms with Gasteiger partial charge in [0.05, 0.1) is 10.7 Å². The van der Waals surface area contributed by atoms with Crippen LogP contribution in [0.4, 0.5) is 5.69 Å². The Morgan fingerprint density at radius 2 is 1.48 bits per heavy atom. The topological polar surface area (TPSA) is 29.1 Å². The van der Waals surface area contributed by atoms with Crippen LogP contribution in [0.1, 0.15) is 6.92 Å². The maximum atomic E-state index is 11.6. The first-order valence-electron chi connectivity index (χ1n) is 7.46. The van der Waals surface area contributed by atoms with Crippen molar-refractivity contribution in [1.29, 1.82) is 0 Å². The molecule has 1 N–H and O–H groups in total. The Morgan fingerprint density at radius 3 is 2.22 bits per heavy atom. The standard InChI is InChI=1S/C20H14ClNO/c1-12(23)22-20-17-9-5-4-8-15(17)16-11-10-13-6-2-3-7-14(13)18(16)19(20)21/h2-11H,1H3,(H,22,23). The van der Waals surface area contributed by atoms with Gasteiger partial charge < -0.3 is 5.32 Å². The second-order valence-electron chi connectivity index (χ2n) is 5.63. The van der Waals surface area contributed by atoms with Crippen molar-refractivity contribution in [2.45, 2.75) is 6.92 Å². The van der Waals surface area contributed by atoms with Gasteiger partial charge in [-0.05, 0) is 21.5 Å². The van der Waals surface area contributed by atoms with Crippen molar-refractivity contribution in [3.8, 4) is 0 Å². The van der Waals surface area contributed by atoms with Gasteiger partial charge in [-0.15, -0.1) is 0 Å². The third-order valence-electron chi connectivity index (χ3n) is 4.16. The first-order chi connectivity index (χ1) is 11.2. The zero-order valence-electron chi connectivity index (χ0n) is 12.6. The molecule has 4 aromatic rings. The number of hydrogen-bond donors (Lipinski definition) is 1. The van der Waals surface area contributed by atoms with Gasteiger partial charge >= 0.3 is 0 Å². The largest absolute Gasteiger partial charge is 0.324 e. The predicted molar refractivity (Wildman–Crippen MR) is 98.3 cm³/mol. The van der Waals surface area contributed by atoms with E-state index in [2.05, 4.69) is 35.6 Å². The van der Waals surface area contributed by atoms with E-state index in [1.54, 1.807) is 0 Å². The monoisotopic (exact) mass is 319 g/mol. The van der Waals surface area contributed by atoms with Crippen LogP contribution in [0.25, 0.3) is 32.3 Å². The lowest BCUT2D eigenvalue weighted by atomic mass is 9.95. The minimum absolute atomic E-state index is 0.128. The highest BCUT2D eigenvalue weighted by Gasteiger charge is 2.15. The number of carbonyl (C=O) groups excluding carboxylic acids is 1. The van der Waals surface area contributed by atoms with Crippen molar-refractivity contribution in [3.05, 3.63) is 65.7 Å². The second-order valence-corrected chi connectivity index (χ2v) is 6.00. The molecule has 112 valence electrons. The first-order valence-corrected chi connectivity index (χ1v) is 7.84. The fourth-order valence-corrected chi connectivity index (χ4v) is 3.56. The van der Waals surface area contributed by atoms with Crippen molar-refractivity contribution in [2.75, 3.05) is 5.32 Å². The number of fused-ring (bicyclic) bond motifs is 5. The predicted octanol–water partition coefficient (Wildman–Crippen LogP) is 5.76. The van der Waals surface area contributed by atoms with E-state index in [1.165, 1.54) is 6.92 Å². The number of nitrogens with one attached hydrogen (secondary N) is 1. The number of benzene rings is 4. The van der Waals surface area contributed by atoms with Crippen molar-refractivity contribution in [1.82, 2.24) is 0 Å². The molecule has 0 atom stereocenters. The quantitative estimate of drug-likeness (QED) is 0.444. The lowest BCUT2D eigenvalue weighted by Crippen LogP contribution is -2.07. The maximum Gasteiger partial charge on any atom is 0.221 e. The van der Waals surface area contributed by atoms with E-state index in [9.17, 15) is 4.79 Å². The summed E-state index contributed by atoms with van der Waals surface area (Å²) in [6.07, 6.45) is 0. The molecule has 0 spiro atoms. The lowest BCUT2D eigenvalue weighted by Gasteiger charge is -2.15. The number of halogens is 1. The molecule has 0 bridgehead atoms. The minimum atomic E-state index is -0.128. The average molecular weight is 320 g/mol. The van der Waals surface area contributed by atoms with Crippen molar-refractivity contribution in [3.63, 3.8) is 0 Å². The molecular weight excluding hydrogens is 306 g/mol. The van der Waals surface area contributed by atoms with Crippen LogP contribution in [-0.4, -0.2) is 5.91 Å². The smallest absolute Gasteiger partial charge is 0.221 e. The molecule has 0 aliphatic heterocycles. The van der Waals surface area contributed by atoms with Gasteiger partial charge in [-0.3, -0.25) is 4.79 Å². The van der Waals surface area contributed by atoms with Crippen molar-refractivity contribution in [2.24, 2.45) is 0 Å². The van der Waals surface area contributed by atoms with Crippen LogP contribution < -0.4 is 5.32 Å². The van der Waals surface area contributed by atoms with Crippen LogP contribution >= 0.6 is 11.6 Å². The summed E-state index contributed by atoms with van der Waals surface area (Å²) >= 11 is 6.73. The Balaban J connectivity index is 2.28. The Bertz CT molecular complexity index is 1090. The summed E-state index contributed by atoms with van der Waals surface area (Å²) in [4.78, 5) is 11.6. The van der Waals surface area contributed by atoms with Gasteiger partial charge in [0, 0.05) is 17.7 Å². The fourth-order valence-electron chi connectivity index (χ4n) is 3.21. The second kappa shape index (κ2) is 5.25. The normalized spacial score (nSPS) is 11.2. The first kappa shape index (κ1) is 14.0. The number of amides is 1. The molecule has 0 unspecified atom stereocenters. The van der Waals surface area contributed by atoms with Crippen molar-refractivity contribution < 1.29 is 4.79 Å². The molecule has 0 aliphatic carbocycles. The van der Waals surface area contributed by atoms with Crippen LogP contribution in [-0.2, 0) is 4.79 Å². The number of carbonyl (C=O) groups is 1. The molecule has 0 saturated carbocycles. The molecule has 3 heteroatoms. The van der Waals surface area contributed by atoms with Gasteiger partial charge in [0.1, 0.15) is 0 Å². The molecule has 0 fully saturated rings. The molecule has 0 radical (unpaired) electrons. The lowest BCUT2D eigenvalue weighted by molar-refractivity contribution is -0.114. The van der Waals surface area contributed by atoms with E-state index >= 15 is 0 Å². The summed E-state index contributed by atoms with van der Waals surface area (Å²) in [5, 5.41) is 9.82. The zero-order valence-corrected chi connectivity index (χ0v) is 13.3. The van der Waals surface area contributed by atoms with Gasteiger partial charge in [-0.2, -0.15) is 0 Å². The van der Waals surface area contributed by atoms with Crippen LogP contribution in [0.3, 0.4) is 0 Å². The van der Waals surface area contributed by atoms with Gasteiger partial charge in [0.15, 0.2) is 0 Å². The van der Waals surface area contributed by atoms with Crippen LogP contribution in [0.15, 0.2) is 60.7 Å². The highest BCUT2D eigenvalue weighted by Crippen LogP contribution is 2.42. The van der Waals surface area contributed by atoms with Crippen LogP contribution in [0.5, 0.6) is 0 Å². The summed E-state index contributed by atoms with van der Waals surface area (Å²) in [7, 11) is 0. The Morgan fingerprint density at radius 1 is 0.826 bits per heavy atom. The molecule has 2 nitrogen and oxygen atoms in total. The molecule has 23 heavy (non-hydrogen) atoms. The van der Waals surface area contributed by atoms with E-state index in [0.717, 1.165) is 32.3 Å². The summed E-state index contributed by atoms with van der Waals surface area (Å²) in [5.41, 5.74) is 0.679. The van der Waals surface area contributed by atoms with E-state index in [0.29, 0.717) is 10.7 Å². The van der Waals surface area contributed by atoms with Gasteiger partial charge in [0.2, 0.25) is 5.91 Å². The third kappa shape index (κ3) is 2.14. The fraction of sp³-hybridized carbons (Fsp3) is 0.0500. The molecule has 0 saturated heterocycles. The summed E-state index contributed by atoms with van der Waals surface area (Å²) < 4.78 is 0. The molecule has 0 aromatic heterocycles. The van der Waals surface area contributed by atoms with E-state index in [-0.39, 0.29) is 5.91 Å². The van der Waals surface area contributed by atoms with Crippen LogP contribution in [0.2, 0.25) is 5.02 Å². The minimum Gasteiger partial charge on any atom is -0.324 e. The SMILES string of the molecule is CC(=O)Nc1c(Cl)c2c3ccccc3ccc2c2ccccc12. The highest BCUT2D eigenvalue weighted by atomic mass is 35.5. The van der Waals surface area contributed by atoms with E-state index in [1.807, 2.05) is 30.3 Å². The van der Waals surface area contributed by atoms with Crippen LogP contribution in [0, 0.1) is 0 Å². The Labute approximate surface area is 138 Å². The summed E-state index contributed by atoms with van der Waals surface area (Å²) in [5.74, 6) is -0.128. The number of rotatable bonds is 1. The molecule has 4 rings (SSSR count). The highest BCUT2D eigenvalue weighted by molar-refractivity contribution is 6.44. The van der Waals surface area contributed by atoms with Gasteiger partial charge in [0.25, 0.3) is 0 Å². The number of anilines is 1. The molecule has 0 heterocycles. The zero-order chi connectivity index (χ0) is 16.0. The third-order valence-corrected chi connectivity index (χ3v) is 4.53. The summed E-state index contributed by atoms with van der Waals surface area (Å²) in [6.45, 7) is 1.50. The average Bonchev–Trinajstić information content (AvgIpc) is 2.57. The Hall–Kier alpha value is -2.58. The summed E-state index contributed by atoms with van der Waals surface area (Å²) in [6, 6.07) is 20.4. The van der Waals surface area contributed by atoms with Gasteiger partial charge in [-0.1, -0.05) is 72.3 Å². The molecule has 1 amide bonds. The molecule has 0 aliphatic rings. The molecular formula is C20H14ClNO.